The van der Waals surface area contributed by atoms with Crippen LogP contribution < -0.4 is 0 Å². The first-order valence-corrected chi connectivity index (χ1v) is 9.04. The van der Waals surface area contributed by atoms with E-state index in [0.29, 0.717) is 18.3 Å². The standard InChI is InChI=1S/C20H26O4/c1-12-13-4-5-17-19(2,7-3-8-20(17,11-21)18(22)23)15(13)10-16-14(12)6-9-24-16/h6,9,13,15,17,21H,1,3-5,7-8,10-11H2,2H3,(H,22,23)/t13-,15-,17+,19+,20+/m0/s1. The second kappa shape index (κ2) is 5.22. The van der Waals surface area contributed by atoms with Crippen LogP contribution >= 0.6 is 0 Å². The lowest BCUT2D eigenvalue weighted by Crippen LogP contribution is -2.58. The van der Waals surface area contributed by atoms with Crippen LogP contribution in [0.3, 0.4) is 0 Å². The maximum atomic E-state index is 12.1. The van der Waals surface area contributed by atoms with Crippen LogP contribution in [0.15, 0.2) is 23.3 Å². The van der Waals surface area contributed by atoms with Crippen molar-refractivity contribution < 1.29 is 19.4 Å². The Morgan fingerprint density at radius 3 is 2.92 bits per heavy atom. The Morgan fingerprint density at radius 2 is 2.21 bits per heavy atom. The van der Waals surface area contributed by atoms with Crippen LogP contribution in [0.5, 0.6) is 0 Å². The van der Waals surface area contributed by atoms with Crippen LogP contribution in [0, 0.1) is 28.6 Å². The normalized spacial score (nSPS) is 41.2. The average Bonchev–Trinajstić information content (AvgIpc) is 3.03. The van der Waals surface area contributed by atoms with Crippen LogP contribution in [0.4, 0.5) is 0 Å². The Bertz CT molecular complexity index is 690. The number of rotatable bonds is 2. The third kappa shape index (κ3) is 1.86. The summed E-state index contributed by atoms with van der Waals surface area (Å²) in [5.41, 5.74) is 1.24. The molecule has 5 atom stereocenters. The summed E-state index contributed by atoms with van der Waals surface area (Å²) < 4.78 is 5.70. The Balaban J connectivity index is 1.78. The predicted molar refractivity (Wildman–Crippen MR) is 90.3 cm³/mol. The minimum absolute atomic E-state index is 0.0202. The number of allylic oxidation sites excluding steroid dienone is 1. The van der Waals surface area contributed by atoms with Gasteiger partial charge in [-0.25, -0.2) is 0 Å². The summed E-state index contributed by atoms with van der Waals surface area (Å²) in [5.74, 6) is 0.950. The van der Waals surface area contributed by atoms with Crippen LogP contribution in [0.1, 0.15) is 50.4 Å². The SMILES string of the molecule is C=C1c2ccoc2C[C@H]2[C@H]1CC[C@H]1[C@@](CO)(C(=O)O)CCC[C@]21C. The van der Waals surface area contributed by atoms with E-state index < -0.39 is 11.4 Å². The van der Waals surface area contributed by atoms with Crippen molar-refractivity contribution in [2.75, 3.05) is 6.61 Å². The van der Waals surface area contributed by atoms with Gasteiger partial charge in [0.15, 0.2) is 0 Å². The highest BCUT2D eigenvalue weighted by Crippen LogP contribution is 2.64. The van der Waals surface area contributed by atoms with Crippen molar-refractivity contribution in [2.45, 2.75) is 45.4 Å². The molecule has 4 heteroatoms. The van der Waals surface area contributed by atoms with E-state index in [-0.39, 0.29) is 17.9 Å². The molecule has 0 aromatic carbocycles. The molecule has 2 fully saturated rings. The molecule has 3 aliphatic carbocycles. The van der Waals surface area contributed by atoms with Gasteiger partial charge in [-0.2, -0.15) is 0 Å². The molecule has 0 radical (unpaired) electrons. The molecule has 0 amide bonds. The van der Waals surface area contributed by atoms with Gasteiger partial charge in [-0.3, -0.25) is 4.79 Å². The van der Waals surface area contributed by atoms with Crippen molar-refractivity contribution in [3.05, 3.63) is 30.2 Å². The Labute approximate surface area is 142 Å². The van der Waals surface area contributed by atoms with E-state index in [0.717, 1.165) is 49.0 Å². The summed E-state index contributed by atoms with van der Waals surface area (Å²) in [5, 5.41) is 19.9. The fourth-order valence-corrected chi connectivity index (χ4v) is 6.31. The quantitative estimate of drug-likeness (QED) is 0.866. The number of carboxylic acids is 1. The Morgan fingerprint density at radius 1 is 1.42 bits per heavy atom. The summed E-state index contributed by atoms with van der Waals surface area (Å²) in [6.45, 7) is 6.34. The summed E-state index contributed by atoms with van der Waals surface area (Å²) in [4.78, 5) is 12.1. The van der Waals surface area contributed by atoms with E-state index in [1.807, 2.05) is 6.07 Å². The molecule has 0 spiro atoms. The van der Waals surface area contributed by atoms with Gasteiger partial charge in [-0.05, 0) is 60.5 Å². The largest absolute Gasteiger partial charge is 0.481 e. The second-order valence-electron chi connectivity index (χ2n) is 8.31. The van der Waals surface area contributed by atoms with Gasteiger partial charge < -0.3 is 14.6 Å². The Hall–Kier alpha value is -1.55. The van der Waals surface area contributed by atoms with E-state index in [9.17, 15) is 15.0 Å². The summed E-state index contributed by atoms with van der Waals surface area (Å²) >= 11 is 0. The number of fused-ring (bicyclic) bond motifs is 4. The molecule has 4 nitrogen and oxygen atoms in total. The highest BCUT2D eigenvalue weighted by molar-refractivity contribution is 5.76. The monoisotopic (exact) mass is 330 g/mol. The molecule has 130 valence electrons. The van der Waals surface area contributed by atoms with Gasteiger partial charge in [-0.15, -0.1) is 0 Å². The zero-order valence-electron chi connectivity index (χ0n) is 14.3. The van der Waals surface area contributed by atoms with Crippen molar-refractivity contribution in [3.8, 4) is 0 Å². The lowest BCUT2D eigenvalue weighted by atomic mass is 9.43. The molecule has 3 aliphatic rings. The fraction of sp³-hybridized carbons (Fsp3) is 0.650. The molecule has 0 aliphatic heterocycles. The molecular weight excluding hydrogens is 304 g/mol. The number of carbonyl (C=O) groups is 1. The highest BCUT2D eigenvalue weighted by Gasteiger charge is 2.61. The smallest absolute Gasteiger partial charge is 0.312 e. The number of aliphatic hydroxyl groups excluding tert-OH is 1. The molecule has 4 rings (SSSR count). The maximum Gasteiger partial charge on any atom is 0.312 e. The van der Waals surface area contributed by atoms with E-state index in [4.69, 9.17) is 4.42 Å². The molecule has 0 bridgehead atoms. The van der Waals surface area contributed by atoms with E-state index in [2.05, 4.69) is 13.5 Å². The first-order valence-electron chi connectivity index (χ1n) is 9.04. The lowest BCUT2D eigenvalue weighted by molar-refractivity contribution is -0.177. The van der Waals surface area contributed by atoms with Gasteiger partial charge in [-0.1, -0.05) is 19.9 Å². The first-order chi connectivity index (χ1) is 11.4. The zero-order valence-corrected chi connectivity index (χ0v) is 14.3. The number of hydrogen-bond acceptors (Lipinski definition) is 3. The minimum atomic E-state index is -0.983. The molecule has 1 aromatic heterocycles. The lowest BCUT2D eigenvalue weighted by Gasteiger charge is -2.60. The molecule has 24 heavy (non-hydrogen) atoms. The van der Waals surface area contributed by atoms with Crippen LogP contribution in [0.2, 0.25) is 0 Å². The second-order valence-corrected chi connectivity index (χ2v) is 8.31. The summed E-state index contributed by atoms with van der Waals surface area (Å²) in [6.07, 6.45) is 6.89. The van der Waals surface area contributed by atoms with Gasteiger partial charge in [0, 0.05) is 12.0 Å². The molecule has 2 N–H and O–H groups in total. The number of carboxylic acid groups (broad SMARTS) is 1. The third-order valence-electron chi connectivity index (χ3n) is 7.55. The number of aliphatic carboxylic acids is 1. The maximum absolute atomic E-state index is 12.1. The number of hydrogen-bond donors (Lipinski definition) is 2. The highest BCUT2D eigenvalue weighted by atomic mass is 16.4. The molecular formula is C20H26O4. The van der Waals surface area contributed by atoms with Crippen LogP contribution in [-0.4, -0.2) is 22.8 Å². The summed E-state index contributed by atoms with van der Waals surface area (Å²) in [6, 6.07) is 2.01. The summed E-state index contributed by atoms with van der Waals surface area (Å²) in [7, 11) is 0. The van der Waals surface area contributed by atoms with Crippen LogP contribution in [0.25, 0.3) is 5.57 Å². The Kier molecular flexibility index (Phi) is 3.47. The molecule has 0 saturated heterocycles. The number of furan rings is 1. The number of aliphatic hydroxyl groups is 1. The van der Waals surface area contributed by atoms with Gasteiger partial charge in [0.1, 0.15) is 5.76 Å². The fourth-order valence-electron chi connectivity index (χ4n) is 6.31. The van der Waals surface area contributed by atoms with Gasteiger partial charge in [0.25, 0.3) is 0 Å². The zero-order chi connectivity index (χ0) is 17.1. The van der Waals surface area contributed by atoms with Crippen molar-refractivity contribution >= 4 is 11.5 Å². The van der Waals surface area contributed by atoms with Gasteiger partial charge >= 0.3 is 5.97 Å². The molecule has 1 heterocycles. The van der Waals surface area contributed by atoms with Crippen molar-refractivity contribution in [1.29, 1.82) is 0 Å². The van der Waals surface area contributed by atoms with E-state index in [1.165, 1.54) is 0 Å². The minimum Gasteiger partial charge on any atom is -0.481 e. The average molecular weight is 330 g/mol. The molecule has 1 aromatic rings. The predicted octanol–water partition coefficient (Wildman–Crippen LogP) is 3.74. The van der Waals surface area contributed by atoms with Crippen molar-refractivity contribution in [3.63, 3.8) is 0 Å². The van der Waals surface area contributed by atoms with Crippen molar-refractivity contribution in [1.82, 2.24) is 0 Å². The topological polar surface area (TPSA) is 70.7 Å². The van der Waals surface area contributed by atoms with Crippen molar-refractivity contribution in [2.24, 2.45) is 28.6 Å². The van der Waals surface area contributed by atoms with Gasteiger partial charge in [0.2, 0.25) is 0 Å². The van der Waals surface area contributed by atoms with Crippen LogP contribution in [-0.2, 0) is 11.2 Å². The van der Waals surface area contributed by atoms with Gasteiger partial charge in [0.05, 0.1) is 18.3 Å². The third-order valence-corrected chi connectivity index (χ3v) is 7.55. The molecule has 2 saturated carbocycles. The molecule has 0 unspecified atom stereocenters. The first kappa shape index (κ1) is 15.9. The van der Waals surface area contributed by atoms with E-state index in [1.54, 1.807) is 6.26 Å². The van der Waals surface area contributed by atoms with E-state index >= 15 is 0 Å².